The third kappa shape index (κ3) is 8.07. The first-order valence-electron chi connectivity index (χ1n) is 18.5. The first kappa shape index (κ1) is 37.2. The highest BCUT2D eigenvalue weighted by Crippen LogP contribution is 2.60. The summed E-state index contributed by atoms with van der Waals surface area (Å²) in [5.74, 6) is 2.09. The van der Waals surface area contributed by atoms with E-state index in [9.17, 15) is 4.79 Å². The van der Waals surface area contributed by atoms with Crippen LogP contribution in [0.15, 0.2) is 12.1 Å². The van der Waals surface area contributed by atoms with E-state index in [1.807, 2.05) is 20.0 Å². The van der Waals surface area contributed by atoms with Gasteiger partial charge >= 0.3 is 0 Å². The summed E-state index contributed by atoms with van der Waals surface area (Å²) < 4.78 is 28.5. The van der Waals surface area contributed by atoms with Crippen molar-refractivity contribution in [2.45, 2.75) is 104 Å². The van der Waals surface area contributed by atoms with E-state index in [0.29, 0.717) is 50.4 Å². The minimum atomic E-state index is -1.29. The quantitative estimate of drug-likeness (QED) is 0.132. The maximum atomic E-state index is 13.8. The lowest BCUT2D eigenvalue weighted by Gasteiger charge is -2.33. The van der Waals surface area contributed by atoms with Gasteiger partial charge in [0, 0.05) is 72.5 Å². The summed E-state index contributed by atoms with van der Waals surface area (Å²) in [6, 6.07) is 5.90. The molecule has 276 valence electrons. The number of hydrogen-bond donors (Lipinski definition) is 0. The number of ether oxygens (including phenoxy) is 4. The number of imidazole rings is 1. The number of carbonyl (C=O) groups excluding carboxylic acids is 1. The van der Waals surface area contributed by atoms with E-state index >= 15 is 0 Å². The molecule has 0 radical (unpaired) electrons. The number of benzene rings is 1. The average molecular weight is 725 g/mol. The van der Waals surface area contributed by atoms with Crippen LogP contribution < -0.4 is 9.64 Å². The van der Waals surface area contributed by atoms with E-state index in [1.54, 1.807) is 12.0 Å². The first-order chi connectivity index (χ1) is 23.6. The molecular weight excluding hydrogens is 665 g/mol. The van der Waals surface area contributed by atoms with Crippen molar-refractivity contribution in [1.82, 2.24) is 24.2 Å². The zero-order chi connectivity index (χ0) is 36.0. The van der Waals surface area contributed by atoms with Crippen LogP contribution in [0.3, 0.4) is 0 Å². The molecular formula is C37H60N6O5Si2. The molecule has 2 aromatic heterocycles. The summed E-state index contributed by atoms with van der Waals surface area (Å²) >= 11 is 0. The van der Waals surface area contributed by atoms with Gasteiger partial charge in [-0.25, -0.2) is 9.67 Å². The van der Waals surface area contributed by atoms with Crippen LogP contribution in [-0.2, 0) is 45.3 Å². The van der Waals surface area contributed by atoms with Gasteiger partial charge in [0.1, 0.15) is 30.4 Å². The summed E-state index contributed by atoms with van der Waals surface area (Å²) in [4.78, 5) is 23.0. The maximum Gasteiger partial charge on any atom is 0.243 e. The number of aromatic nitrogens is 4. The van der Waals surface area contributed by atoms with Crippen LogP contribution in [0, 0.1) is 11.3 Å². The first-order valence-corrected chi connectivity index (χ1v) is 25.9. The normalized spacial score (nSPS) is 21.6. The smallest absolute Gasteiger partial charge is 0.243 e. The fourth-order valence-corrected chi connectivity index (χ4v) is 8.84. The van der Waals surface area contributed by atoms with Gasteiger partial charge in [0.25, 0.3) is 0 Å². The molecule has 1 aromatic carbocycles. The molecule has 11 nitrogen and oxygen atoms in total. The molecule has 0 bridgehead atoms. The number of hydrogen-bond acceptors (Lipinski definition) is 8. The molecule has 0 N–H and O–H groups in total. The topological polar surface area (TPSA) is 96.1 Å². The van der Waals surface area contributed by atoms with Gasteiger partial charge in [0.05, 0.1) is 31.9 Å². The zero-order valence-electron chi connectivity index (χ0n) is 32.2. The van der Waals surface area contributed by atoms with Crippen molar-refractivity contribution >= 4 is 38.8 Å². The van der Waals surface area contributed by atoms with Gasteiger partial charge in [0.2, 0.25) is 5.91 Å². The van der Waals surface area contributed by atoms with Gasteiger partial charge < -0.3 is 23.8 Å². The number of carbonyl (C=O) groups is 1. The predicted molar refractivity (Wildman–Crippen MR) is 205 cm³/mol. The molecule has 3 heterocycles. The molecule has 0 unspecified atom stereocenters. The summed E-state index contributed by atoms with van der Waals surface area (Å²) in [5.41, 5.74) is 6.16. The van der Waals surface area contributed by atoms with Crippen molar-refractivity contribution in [2.24, 2.45) is 11.3 Å². The van der Waals surface area contributed by atoms with Gasteiger partial charge in [-0.1, -0.05) is 46.2 Å². The van der Waals surface area contributed by atoms with Crippen molar-refractivity contribution in [2.75, 3.05) is 58.6 Å². The Balaban J connectivity index is 1.40. The predicted octanol–water partition coefficient (Wildman–Crippen LogP) is 6.34. The maximum absolute atomic E-state index is 13.8. The molecule has 1 saturated heterocycles. The Kier molecular flexibility index (Phi) is 10.8. The van der Waals surface area contributed by atoms with Crippen molar-refractivity contribution in [3.8, 4) is 17.3 Å². The average Bonchev–Trinajstić information content (AvgIpc) is 3.43. The Hall–Kier alpha value is -2.56. The summed E-state index contributed by atoms with van der Waals surface area (Å²) in [5, 5.41) is 5.27. The molecule has 50 heavy (non-hydrogen) atoms. The Labute approximate surface area is 300 Å². The lowest BCUT2D eigenvalue weighted by Crippen LogP contribution is -2.50. The van der Waals surface area contributed by atoms with Gasteiger partial charge in [-0.05, 0) is 55.7 Å². The van der Waals surface area contributed by atoms with Gasteiger partial charge in [-0.2, -0.15) is 5.10 Å². The Morgan fingerprint density at radius 2 is 1.72 bits per heavy atom. The molecule has 3 atom stereocenters. The Morgan fingerprint density at radius 1 is 1.06 bits per heavy atom. The number of likely N-dealkylation sites (N-methyl/N-ethyl adjacent to an activating group) is 1. The zero-order valence-corrected chi connectivity index (χ0v) is 34.2. The van der Waals surface area contributed by atoms with E-state index < -0.39 is 16.1 Å². The van der Waals surface area contributed by atoms with Crippen LogP contribution in [0.5, 0.6) is 5.75 Å². The van der Waals surface area contributed by atoms with Crippen LogP contribution in [-0.4, -0.2) is 106 Å². The van der Waals surface area contributed by atoms with Gasteiger partial charge in [0.15, 0.2) is 5.82 Å². The molecule has 3 aliphatic rings. The molecule has 1 amide bonds. The molecule has 6 rings (SSSR count). The third-order valence-corrected chi connectivity index (χ3v) is 14.5. The second kappa shape index (κ2) is 14.5. The van der Waals surface area contributed by atoms with E-state index in [2.05, 4.69) is 66.4 Å². The number of rotatable bonds is 15. The van der Waals surface area contributed by atoms with Gasteiger partial charge in [-0.15, -0.1) is 0 Å². The molecule has 2 fully saturated rings. The van der Waals surface area contributed by atoms with E-state index in [0.717, 1.165) is 72.9 Å². The second-order valence-electron chi connectivity index (χ2n) is 17.5. The minimum absolute atomic E-state index is 0.0281. The standard InChI is InChI=1S/C37H60N6O5Si2/c1-26(41-11-13-46-14-12-41)36(44)40(3)28-20-30-34(32(21-28)45-4)38-35(42(30)24-47-15-17-49(5,6)7)33-29-19-27-22-37(27,2)23-31(29)43(39-33)25-48-16-18-50(8,9)10/h20-21,26-27H,11-19,22-25H2,1-10H3/t26-,27+,37+/m0/s1. The molecule has 1 aliphatic heterocycles. The number of morpholine rings is 1. The Bertz CT molecular complexity index is 1690. The lowest BCUT2D eigenvalue weighted by molar-refractivity contribution is -0.124. The number of amides is 1. The van der Waals surface area contributed by atoms with Crippen molar-refractivity contribution in [3.63, 3.8) is 0 Å². The van der Waals surface area contributed by atoms with Crippen molar-refractivity contribution in [3.05, 3.63) is 23.4 Å². The third-order valence-electron chi connectivity index (χ3n) is 11.1. The highest BCUT2D eigenvalue weighted by molar-refractivity contribution is 6.76. The van der Waals surface area contributed by atoms with E-state index in [1.165, 1.54) is 17.7 Å². The molecule has 2 aliphatic carbocycles. The van der Waals surface area contributed by atoms with Crippen LogP contribution in [0.25, 0.3) is 22.6 Å². The molecule has 13 heteroatoms. The fraction of sp³-hybridized carbons (Fsp3) is 0.703. The van der Waals surface area contributed by atoms with Crippen molar-refractivity contribution in [1.29, 1.82) is 0 Å². The second-order valence-corrected chi connectivity index (χ2v) is 28.7. The Morgan fingerprint density at radius 3 is 2.36 bits per heavy atom. The summed E-state index contributed by atoms with van der Waals surface area (Å²) in [6.07, 6.45) is 3.25. The highest BCUT2D eigenvalue weighted by Gasteiger charge is 2.54. The summed E-state index contributed by atoms with van der Waals surface area (Å²) in [6.45, 7) is 23.6. The van der Waals surface area contributed by atoms with Crippen molar-refractivity contribution < 1.29 is 23.7 Å². The van der Waals surface area contributed by atoms with Gasteiger partial charge in [-0.3, -0.25) is 14.3 Å². The molecule has 3 aromatic rings. The summed E-state index contributed by atoms with van der Waals surface area (Å²) in [7, 11) is 1.01. The minimum Gasteiger partial charge on any atom is -0.494 e. The van der Waals surface area contributed by atoms with Crippen LogP contribution in [0.1, 0.15) is 31.5 Å². The highest BCUT2D eigenvalue weighted by atomic mass is 28.3. The number of nitrogens with zero attached hydrogens (tertiary/aromatic N) is 6. The van der Waals surface area contributed by atoms with Crippen LogP contribution >= 0.6 is 0 Å². The number of anilines is 1. The monoisotopic (exact) mass is 724 g/mol. The largest absolute Gasteiger partial charge is 0.494 e. The number of fused-ring (bicyclic) bond motifs is 3. The lowest BCUT2D eigenvalue weighted by atomic mass is 9.87. The van der Waals surface area contributed by atoms with E-state index in [-0.39, 0.29) is 11.9 Å². The SMILES string of the molecule is COc1cc(N(C)C(=O)[C@H](C)N2CCOCC2)cc2c1nc(-c1nn(COCC[Si](C)(C)C)c3c1C[C@@H]1C[C@]1(C)C3)n2COCC[Si](C)(C)C. The van der Waals surface area contributed by atoms with E-state index in [4.69, 9.17) is 29.0 Å². The molecule has 0 spiro atoms. The molecule has 1 saturated carbocycles. The van der Waals surface area contributed by atoms with Crippen LogP contribution in [0.4, 0.5) is 5.69 Å². The fourth-order valence-electron chi connectivity index (χ4n) is 7.33. The van der Waals surface area contributed by atoms with Crippen LogP contribution in [0.2, 0.25) is 51.4 Å². The number of methoxy groups -OCH3 is 1.